The van der Waals surface area contributed by atoms with Gasteiger partial charge in [0.05, 0.1) is 6.04 Å². The van der Waals surface area contributed by atoms with Gasteiger partial charge in [-0.25, -0.2) is 4.79 Å². The first kappa shape index (κ1) is 25.7. The van der Waals surface area contributed by atoms with E-state index in [-0.39, 0.29) is 23.9 Å². The number of benzene rings is 3. The highest BCUT2D eigenvalue weighted by Gasteiger charge is 2.42. The summed E-state index contributed by atoms with van der Waals surface area (Å²) in [7, 11) is 0. The predicted molar refractivity (Wildman–Crippen MR) is 141 cm³/mol. The number of rotatable bonds is 8. The van der Waals surface area contributed by atoms with E-state index in [4.69, 9.17) is 38.0 Å². The minimum absolute atomic E-state index is 0.0358. The van der Waals surface area contributed by atoms with Crippen LogP contribution in [0.1, 0.15) is 49.0 Å². The molecule has 8 heteroatoms. The topological polar surface area (TPSA) is 79.2 Å². The molecule has 4 rings (SSSR count). The molecule has 0 saturated heterocycles. The van der Waals surface area contributed by atoms with E-state index in [9.17, 15) is 9.59 Å². The fourth-order valence-electron chi connectivity index (χ4n) is 4.23. The summed E-state index contributed by atoms with van der Waals surface area (Å²) in [6.45, 7) is 3.58. The van der Waals surface area contributed by atoms with Crippen LogP contribution in [0.3, 0.4) is 0 Å². The molecule has 0 aliphatic carbocycles. The van der Waals surface area contributed by atoms with Crippen molar-refractivity contribution >= 4 is 40.9 Å². The molecule has 3 aromatic carbocycles. The number of amidine groups is 1. The number of halogens is 2. The molecule has 0 radical (unpaired) electrons. The predicted octanol–water partition coefficient (Wildman–Crippen LogP) is 6.57. The molecule has 6 nitrogen and oxygen atoms in total. The Balaban J connectivity index is 1.80. The second-order valence-electron chi connectivity index (χ2n) is 9.01. The van der Waals surface area contributed by atoms with Crippen molar-refractivity contribution in [3.05, 3.63) is 99.5 Å². The highest BCUT2D eigenvalue weighted by Crippen LogP contribution is 2.44. The van der Waals surface area contributed by atoms with Gasteiger partial charge in [-0.05, 0) is 65.6 Å². The van der Waals surface area contributed by atoms with Crippen LogP contribution in [0.2, 0.25) is 10.0 Å². The number of hydrogen-bond acceptors (Lipinski definition) is 4. The Hall–Kier alpha value is -3.35. The molecule has 0 saturated carbocycles. The van der Waals surface area contributed by atoms with E-state index in [0.29, 0.717) is 28.1 Å². The molecule has 3 aromatic rings. The molecular formula is C28H26Cl2N2O4. The zero-order chi connectivity index (χ0) is 25.8. The lowest BCUT2D eigenvalue weighted by molar-refractivity contribution is -0.139. The Kier molecular flexibility index (Phi) is 7.97. The molecular weight excluding hydrogens is 499 g/mol. The molecule has 1 heterocycles. The van der Waals surface area contributed by atoms with Gasteiger partial charge in [-0.15, -0.1) is 0 Å². The summed E-state index contributed by atoms with van der Waals surface area (Å²) in [6, 6.07) is 21.1. The van der Waals surface area contributed by atoms with Crippen LogP contribution in [0.25, 0.3) is 0 Å². The number of carbonyl (C=O) groups is 2. The number of carboxylic acid groups (broad SMARTS) is 1. The lowest BCUT2D eigenvalue weighted by Gasteiger charge is -2.30. The molecule has 0 aromatic heterocycles. The number of aliphatic imine (C=N–C) groups is 1. The summed E-state index contributed by atoms with van der Waals surface area (Å²) in [5.74, 6) is 0.0346. The minimum Gasteiger partial charge on any atom is -0.482 e. The summed E-state index contributed by atoms with van der Waals surface area (Å²) >= 11 is 12.3. The number of carbonyl (C=O) groups excluding carboxylic acids is 1. The summed E-state index contributed by atoms with van der Waals surface area (Å²) in [4.78, 5) is 31.3. The molecule has 2 atom stereocenters. The normalized spacial score (nSPS) is 17.2. The van der Waals surface area contributed by atoms with Crippen LogP contribution in [-0.4, -0.2) is 34.3 Å². The highest BCUT2D eigenvalue weighted by atomic mass is 35.5. The third-order valence-corrected chi connectivity index (χ3v) is 6.32. The van der Waals surface area contributed by atoms with Gasteiger partial charge in [-0.2, -0.15) is 0 Å². The van der Waals surface area contributed by atoms with Crippen molar-refractivity contribution in [1.82, 2.24) is 4.90 Å². The van der Waals surface area contributed by atoms with Gasteiger partial charge < -0.3 is 9.84 Å². The lowest BCUT2D eigenvalue weighted by Crippen LogP contribution is -2.38. The number of carboxylic acids is 1. The first-order valence-electron chi connectivity index (χ1n) is 11.6. The largest absolute Gasteiger partial charge is 0.482 e. The van der Waals surface area contributed by atoms with Crippen LogP contribution in [0, 0.1) is 5.92 Å². The van der Waals surface area contributed by atoms with Crippen molar-refractivity contribution in [2.75, 3.05) is 6.61 Å². The quantitative estimate of drug-likeness (QED) is 0.361. The van der Waals surface area contributed by atoms with E-state index >= 15 is 0 Å². The van der Waals surface area contributed by atoms with Gasteiger partial charge in [0.1, 0.15) is 17.6 Å². The van der Waals surface area contributed by atoms with Crippen LogP contribution < -0.4 is 4.74 Å². The van der Waals surface area contributed by atoms with Gasteiger partial charge in [0.2, 0.25) is 5.91 Å². The molecule has 0 spiro atoms. The van der Waals surface area contributed by atoms with Crippen molar-refractivity contribution < 1.29 is 19.4 Å². The average Bonchev–Trinajstić information content (AvgIpc) is 3.24. The van der Waals surface area contributed by atoms with E-state index in [2.05, 4.69) is 0 Å². The number of hydrogen-bond donors (Lipinski definition) is 1. The molecule has 186 valence electrons. The molecule has 0 fully saturated rings. The van der Waals surface area contributed by atoms with Gasteiger partial charge >= 0.3 is 5.97 Å². The Morgan fingerprint density at radius 3 is 2.00 bits per heavy atom. The lowest BCUT2D eigenvalue weighted by atomic mass is 9.93. The monoisotopic (exact) mass is 524 g/mol. The SMILES string of the molecule is CC(C)CC(=O)N1C(c2ccc(OCC(=O)O)cc2)=N[C@H](c2ccc(Cl)cc2)[C@@H]1c1ccc(Cl)cc1. The Morgan fingerprint density at radius 1 is 0.917 bits per heavy atom. The van der Waals surface area contributed by atoms with Crippen LogP contribution in [0.5, 0.6) is 5.75 Å². The maximum atomic E-state index is 13.7. The minimum atomic E-state index is -1.05. The standard InChI is InChI=1S/C28H26Cl2N2O4/c1-17(2)15-24(33)32-27(19-5-11-22(30)12-6-19)26(18-3-9-21(29)10-4-18)31-28(32)20-7-13-23(14-8-20)36-16-25(34)35/h3-14,17,26-27H,15-16H2,1-2H3,(H,34,35)/t26-,27+/m1/s1. The number of aliphatic carboxylic acids is 1. The van der Waals surface area contributed by atoms with Crippen molar-refractivity contribution in [1.29, 1.82) is 0 Å². The van der Waals surface area contributed by atoms with Gasteiger partial charge in [-0.3, -0.25) is 14.7 Å². The summed E-state index contributed by atoms with van der Waals surface area (Å²) < 4.78 is 5.27. The van der Waals surface area contributed by atoms with Crippen molar-refractivity contribution in [3.63, 3.8) is 0 Å². The van der Waals surface area contributed by atoms with Gasteiger partial charge in [0.25, 0.3) is 0 Å². The smallest absolute Gasteiger partial charge is 0.341 e. The summed E-state index contributed by atoms with van der Waals surface area (Å²) in [5.41, 5.74) is 2.57. The molecule has 0 bridgehead atoms. The number of nitrogens with zero attached hydrogens (tertiary/aromatic N) is 2. The van der Waals surface area contributed by atoms with Crippen LogP contribution in [0.4, 0.5) is 0 Å². The fraction of sp³-hybridized carbons (Fsp3) is 0.250. The molecule has 36 heavy (non-hydrogen) atoms. The highest BCUT2D eigenvalue weighted by molar-refractivity contribution is 6.30. The van der Waals surface area contributed by atoms with Crippen LogP contribution in [-0.2, 0) is 9.59 Å². The fourth-order valence-corrected chi connectivity index (χ4v) is 4.48. The summed E-state index contributed by atoms with van der Waals surface area (Å²) in [5, 5.41) is 10.1. The Morgan fingerprint density at radius 2 is 1.47 bits per heavy atom. The van der Waals surface area contributed by atoms with E-state index in [0.717, 1.165) is 16.7 Å². The zero-order valence-corrected chi connectivity index (χ0v) is 21.4. The van der Waals surface area contributed by atoms with E-state index < -0.39 is 12.6 Å². The molecule has 1 amide bonds. The molecule has 0 unspecified atom stereocenters. The van der Waals surface area contributed by atoms with Gasteiger partial charge in [0.15, 0.2) is 6.61 Å². The Labute approximate surface area is 220 Å². The second-order valence-corrected chi connectivity index (χ2v) is 9.89. The first-order chi connectivity index (χ1) is 17.2. The first-order valence-corrected chi connectivity index (χ1v) is 12.3. The Bertz CT molecular complexity index is 1260. The van der Waals surface area contributed by atoms with Gasteiger partial charge in [0, 0.05) is 22.0 Å². The van der Waals surface area contributed by atoms with E-state index in [1.54, 1.807) is 29.2 Å². The number of ether oxygens (including phenoxy) is 1. The van der Waals surface area contributed by atoms with E-state index in [1.165, 1.54) is 0 Å². The molecule has 1 aliphatic heterocycles. The van der Waals surface area contributed by atoms with Crippen LogP contribution in [0.15, 0.2) is 77.8 Å². The van der Waals surface area contributed by atoms with Crippen LogP contribution >= 0.6 is 23.2 Å². The van der Waals surface area contributed by atoms with Crippen molar-refractivity contribution in [2.24, 2.45) is 10.9 Å². The van der Waals surface area contributed by atoms with Crippen molar-refractivity contribution in [2.45, 2.75) is 32.4 Å². The molecule has 1 aliphatic rings. The average molecular weight is 525 g/mol. The van der Waals surface area contributed by atoms with E-state index in [1.807, 2.05) is 62.4 Å². The van der Waals surface area contributed by atoms with Crippen molar-refractivity contribution in [3.8, 4) is 5.75 Å². The van der Waals surface area contributed by atoms with Gasteiger partial charge in [-0.1, -0.05) is 61.3 Å². The number of amides is 1. The zero-order valence-electron chi connectivity index (χ0n) is 19.9. The third-order valence-electron chi connectivity index (χ3n) is 5.82. The maximum Gasteiger partial charge on any atom is 0.341 e. The maximum absolute atomic E-state index is 13.7. The molecule has 1 N–H and O–H groups in total. The third kappa shape index (κ3) is 5.89. The summed E-state index contributed by atoms with van der Waals surface area (Å²) in [6.07, 6.45) is 0.357. The second kappa shape index (κ2) is 11.1.